The van der Waals surface area contributed by atoms with Crippen LogP contribution >= 0.6 is 0 Å². The highest BCUT2D eigenvalue weighted by atomic mass is 16.7. The van der Waals surface area contributed by atoms with Crippen molar-refractivity contribution in [1.82, 2.24) is 5.12 Å². The number of hydrazine groups is 1. The zero-order valence-corrected chi connectivity index (χ0v) is 7.98. The van der Waals surface area contributed by atoms with Crippen LogP contribution in [0.15, 0.2) is 29.4 Å². The number of para-hydroxylation sites is 1. The van der Waals surface area contributed by atoms with Crippen molar-refractivity contribution in [2.45, 2.75) is 0 Å². The van der Waals surface area contributed by atoms with E-state index >= 15 is 0 Å². The van der Waals surface area contributed by atoms with E-state index < -0.39 is 11.1 Å². The van der Waals surface area contributed by atoms with Crippen LogP contribution in [0.4, 0.5) is 4.79 Å². The summed E-state index contributed by atoms with van der Waals surface area (Å²) in [4.78, 5) is 20.9. The molecule has 2 amide bonds. The number of urea groups is 1. The van der Waals surface area contributed by atoms with Crippen LogP contribution in [0, 0.1) is 10.1 Å². The zero-order valence-electron chi connectivity index (χ0n) is 7.98. The van der Waals surface area contributed by atoms with E-state index in [2.05, 4.69) is 5.10 Å². The van der Waals surface area contributed by atoms with Gasteiger partial charge in [-0.1, -0.05) is 12.1 Å². The van der Waals surface area contributed by atoms with Crippen LogP contribution in [0.5, 0.6) is 5.75 Å². The summed E-state index contributed by atoms with van der Waals surface area (Å²) < 4.78 is 0. The Bertz CT molecular complexity index is 431. The summed E-state index contributed by atoms with van der Waals surface area (Å²) in [7, 11) is 0. The van der Waals surface area contributed by atoms with Gasteiger partial charge in [-0.05, 0) is 12.1 Å². The molecule has 3 N–H and O–H groups in total. The molecule has 8 heteroatoms. The molecule has 0 unspecified atom stereocenters. The lowest BCUT2D eigenvalue weighted by molar-refractivity contribution is -0.633. The predicted octanol–water partition coefficient (Wildman–Crippen LogP) is 0.299. The van der Waals surface area contributed by atoms with E-state index in [4.69, 9.17) is 5.73 Å². The van der Waals surface area contributed by atoms with E-state index in [9.17, 15) is 20.0 Å². The maximum absolute atomic E-state index is 10.6. The smallest absolute Gasteiger partial charge is 0.400 e. The lowest BCUT2D eigenvalue weighted by Crippen LogP contribution is -2.36. The van der Waals surface area contributed by atoms with Gasteiger partial charge in [-0.2, -0.15) is 0 Å². The van der Waals surface area contributed by atoms with Crippen molar-refractivity contribution in [3.8, 4) is 5.75 Å². The number of nitro groups is 1. The monoisotopic (exact) mass is 224 g/mol. The van der Waals surface area contributed by atoms with Gasteiger partial charge in [-0.3, -0.25) is 0 Å². The van der Waals surface area contributed by atoms with Gasteiger partial charge in [0.1, 0.15) is 5.75 Å². The van der Waals surface area contributed by atoms with Crippen molar-refractivity contribution in [2.24, 2.45) is 10.8 Å². The molecule has 0 spiro atoms. The van der Waals surface area contributed by atoms with Crippen LogP contribution in [0.3, 0.4) is 0 Å². The normalized spacial score (nSPS) is 10.2. The lowest BCUT2D eigenvalue weighted by Gasteiger charge is -2.02. The number of carbonyl (C=O) groups excluding carboxylic acids is 1. The first-order valence-corrected chi connectivity index (χ1v) is 4.08. The lowest BCUT2D eigenvalue weighted by atomic mass is 10.2. The fourth-order valence-corrected chi connectivity index (χ4v) is 0.893. The van der Waals surface area contributed by atoms with Gasteiger partial charge in [0, 0.05) is 5.10 Å². The SMILES string of the molecule is NC(=O)N(N=Cc1ccccc1O)[N+](=O)[O-]. The summed E-state index contributed by atoms with van der Waals surface area (Å²) in [6, 6.07) is 4.70. The maximum atomic E-state index is 10.6. The molecule has 0 saturated heterocycles. The molecule has 0 heterocycles. The highest BCUT2D eigenvalue weighted by molar-refractivity contribution is 5.84. The first-order valence-electron chi connectivity index (χ1n) is 4.08. The molecular formula is C8H8N4O4. The van der Waals surface area contributed by atoms with E-state index in [0.29, 0.717) is 0 Å². The quantitative estimate of drug-likeness (QED) is 0.435. The Labute approximate surface area is 89.7 Å². The molecule has 0 aliphatic carbocycles. The number of rotatable bonds is 3. The molecule has 0 atom stereocenters. The topological polar surface area (TPSA) is 122 Å². The number of hydrogen-bond donors (Lipinski definition) is 2. The molecule has 0 bridgehead atoms. The summed E-state index contributed by atoms with van der Waals surface area (Å²) in [5.41, 5.74) is 4.94. The molecular weight excluding hydrogens is 216 g/mol. The molecule has 8 nitrogen and oxygen atoms in total. The standard InChI is InChI=1S/C8H8N4O4/c9-8(14)11(12(15)16)10-5-6-3-1-2-4-7(6)13/h1-5,13H,(H2,9,14). The number of primary amides is 1. The fourth-order valence-electron chi connectivity index (χ4n) is 0.893. The van der Waals surface area contributed by atoms with E-state index in [-0.39, 0.29) is 16.4 Å². The third-order valence-electron chi connectivity index (χ3n) is 1.59. The van der Waals surface area contributed by atoms with Gasteiger partial charge in [0.15, 0.2) is 6.21 Å². The van der Waals surface area contributed by atoms with Gasteiger partial charge in [0.25, 0.3) is 0 Å². The third-order valence-corrected chi connectivity index (χ3v) is 1.59. The van der Waals surface area contributed by atoms with Gasteiger partial charge in [-0.25, -0.2) is 4.79 Å². The highest BCUT2D eigenvalue weighted by Gasteiger charge is 2.19. The summed E-state index contributed by atoms with van der Waals surface area (Å²) in [6.07, 6.45) is 0.961. The summed E-state index contributed by atoms with van der Waals surface area (Å²) >= 11 is 0. The van der Waals surface area contributed by atoms with E-state index in [0.717, 1.165) is 6.21 Å². The summed E-state index contributed by atoms with van der Waals surface area (Å²) in [5.74, 6) is -0.112. The van der Waals surface area contributed by atoms with Crippen LogP contribution in [-0.4, -0.2) is 27.5 Å². The minimum Gasteiger partial charge on any atom is -0.507 e. The number of nitrogens with zero attached hydrogens (tertiary/aromatic N) is 3. The average Bonchev–Trinajstić information content (AvgIpc) is 2.20. The number of phenolic OH excluding ortho intramolecular Hbond substituents is 1. The minimum atomic E-state index is -1.32. The van der Waals surface area contributed by atoms with Crippen LogP contribution in [-0.2, 0) is 0 Å². The Morgan fingerprint density at radius 3 is 2.69 bits per heavy atom. The number of hydrogen-bond acceptors (Lipinski definition) is 5. The molecule has 1 aromatic rings. The van der Waals surface area contributed by atoms with Crippen molar-refractivity contribution in [3.63, 3.8) is 0 Å². The molecule has 1 rings (SSSR count). The molecule has 84 valence electrons. The molecule has 0 aromatic heterocycles. The second-order valence-corrected chi connectivity index (χ2v) is 2.67. The Hall–Kier alpha value is -2.64. The first kappa shape index (κ1) is 11.4. The number of aromatic hydroxyl groups is 1. The fraction of sp³-hybridized carbons (Fsp3) is 0. The van der Waals surface area contributed by atoms with E-state index in [1.165, 1.54) is 12.1 Å². The molecule has 0 aliphatic rings. The molecule has 1 aromatic carbocycles. The van der Waals surface area contributed by atoms with Gasteiger partial charge in [0.2, 0.25) is 0 Å². The number of amides is 2. The van der Waals surface area contributed by atoms with Crippen molar-refractivity contribution >= 4 is 12.2 Å². The van der Waals surface area contributed by atoms with Crippen molar-refractivity contribution in [2.75, 3.05) is 0 Å². The second-order valence-electron chi connectivity index (χ2n) is 2.67. The molecule has 0 radical (unpaired) electrons. The highest BCUT2D eigenvalue weighted by Crippen LogP contribution is 2.12. The van der Waals surface area contributed by atoms with Crippen LogP contribution in [0.25, 0.3) is 0 Å². The number of nitrogens with two attached hydrogens (primary N) is 1. The Balaban J connectivity index is 2.91. The zero-order chi connectivity index (χ0) is 12.1. The van der Waals surface area contributed by atoms with Gasteiger partial charge in [-0.15, -0.1) is 0 Å². The maximum Gasteiger partial charge on any atom is 0.400 e. The Kier molecular flexibility index (Phi) is 3.38. The number of carbonyl (C=O) groups is 1. The Morgan fingerprint density at radius 1 is 1.56 bits per heavy atom. The van der Waals surface area contributed by atoms with Crippen molar-refractivity contribution < 1.29 is 14.9 Å². The third kappa shape index (κ3) is 2.67. The van der Waals surface area contributed by atoms with Gasteiger partial charge >= 0.3 is 6.03 Å². The molecule has 0 aliphatic heterocycles. The minimum absolute atomic E-state index is 0.112. The average molecular weight is 224 g/mol. The second kappa shape index (κ2) is 4.73. The van der Waals surface area contributed by atoms with Crippen LogP contribution < -0.4 is 5.73 Å². The van der Waals surface area contributed by atoms with E-state index in [1.54, 1.807) is 12.1 Å². The number of benzene rings is 1. The predicted molar refractivity (Wildman–Crippen MR) is 54.1 cm³/mol. The van der Waals surface area contributed by atoms with E-state index in [1.807, 2.05) is 0 Å². The van der Waals surface area contributed by atoms with Crippen LogP contribution in [0.2, 0.25) is 0 Å². The molecule has 0 saturated carbocycles. The van der Waals surface area contributed by atoms with Crippen LogP contribution in [0.1, 0.15) is 5.56 Å². The number of phenols is 1. The summed E-state index contributed by atoms with van der Waals surface area (Å²) in [5, 5.41) is 21.6. The van der Waals surface area contributed by atoms with Crippen molar-refractivity contribution in [3.05, 3.63) is 39.9 Å². The molecule has 16 heavy (non-hydrogen) atoms. The van der Waals surface area contributed by atoms with Crippen molar-refractivity contribution in [1.29, 1.82) is 0 Å². The molecule has 0 fully saturated rings. The first-order chi connectivity index (χ1) is 7.52. The summed E-state index contributed by atoms with van der Waals surface area (Å²) in [6.45, 7) is 0. The van der Waals surface area contributed by atoms with Gasteiger partial charge < -0.3 is 21.0 Å². The number of hydrazone groups is 1. The largest absolute Gasteiger partial charge is 0.507 e. The van der Waals surface area contributed by atoms with Gasteiger partial charge in [0.05, 0.1) is 15.7 Å². The Morgan fingerprint density at radius 2 is 2.19 bits per heavy atom.